The van der Waals surface area contributed by atoms with Crippen molar-refractivity contribution < 1.29 is 10.2 Å². The van der Waals surface area contributed by atoms with Crippen LogP contribution in [0.2, 0.25) is 0 Å². The molecule has 0 aromatic rings. The van der Waals surface area contributed by atoms with Gasteiger partial charge in [-0.1, -0.05) is 12.8 Å². The molecule has 2 rings (SSSR count). The second kappa shape index (κ2) is 2.71. The van der Waals surface area contributed by atoms with E-state index in [0.717, 1.165) is 19.3 Å². The van der Waals surface area contributed by atoms with E-state index in [1.807, 2.05) is 0 Å². The molecule has 0 amide bonds. The fourth-order valence-electron chi connectivity index (χ4n) is 3.02. The lowest BCUT2D eigenvalue weighted by molar-refractivity contribution is -0.140. The Hall–Kier alpha value is -0.0800. The van der Waals surface area contributed by atoms with Crippen LogP contribution in [0.4, 0.5) is 0 Å². The highest BCUT2D eigenvalue weighted by Crippen LogP contribution is 2.44. The van der Waals surface area contributed by atoms with Gasteiger partial charge in [0.15, 0.2) is 0 Å². The maximum Gasteiger partial charge on any atom is 0.0882 e. The van der Waals surface area contributed by atoms with Crippen LogP contribution in [0.1, 0.15) is 39.0 Å². The van der Waals surface area contributed by atoms with Gasteiger partial charge in [0.25, 0.3) is 0 Å². The van der Waals surface area contributed by atoms with Gasteiger partial charge in [-0.05, 0) is 38.0 Å². The topological polar surface area (TPSA) is 40.5 Å². The molecule has 70 valence electrons. The van der Waals surface area contributed by atoms with Crippen LogP contribution in [-0.2, 0) is 0 Å². The summed E-state index contributed by atoms with van der Waals surface area (Å²) in [6.45, 7) is 1.78. The summed E-state index contributed by atoms with van der Waals surface area (Å²) in [4.78, 5) is 0. The van der Waals surface area contributed by atoms with Gasteiger partial charge < -0.3 is 10.2 Å². The molecule has 2 fully saturated rings. The highest BCUT2D eigenvalue weighted by Gasteiger charge is 2.45. The second-order valence-corrected chi connectivity index (χ2v) is 4.80. The van der Waals surface area contributed by atoms with Crippen LogP contribution >= 0.6 is 0 Å². The fourth-order valence-corrected chi connectivity index (χ4v) is 3.02. The Bertz CT molecular complexity index is 177. The van der Waals surface area contributed by atoms with E-state index in [1.54, 1.807) is 6.92 Å². The number of rotatable bonds is 0. The molecule has 0 aromatic heterocycles. The quantitative estimate of drug-likeness (QED) is 0.575. The Labute approximate surface area is 73.6 Å². The van der Waals surface area contributed by atoms with Gasteiger partial charge in [-0.2, -0.15) is 0 Å². The van der Waals surface area contributed by atoms with Gasteiger partial charge >= 0.3 is 0 Å². The summed E-state index contributed by atoms with van der Waals surface area (Å²) in [6.07, 6.45) is 5.05. The van der Waals surface area contributed by atoms with Gasteiger partial charge in [0.05, 0.1) is 11.7 Å². The Morgan fingerprint density at radius 3 is 2.83 bits per heavy atom. The van der Waals surface area contributed by atoms with Crippen molar-refractivity contribution in [1.29, 1.82) is 0 Å². The van der Waals surface area contributed by atoms with Crippen molar-refractivity contribution in [2.75, 3.05) is 0 Å². The molecule has 2 nitrogen and oxygen atoms in total. The standard InChI is InChI=1S/C10H18O2/c1-10(12)6-7-3-2-4-8(5-7)9(10)11/h7-9,11-12H,2-6H2,1H3. The Balaban J connectivity index is 2.14. The summed E-state index contributed by atoms with van der Waals surface area (Å²) in [6, 6.07) is 0. The third-order valence-corrected chi connectivity index (χ3v) is 3.61. The van der Waals surface area contributed by atoms with E-state index in [4.69, 9.17) is 0 Å². The third-order valence-electron chi connectivity index (χ3n) is 3.61. The monoisotopic (exact) mass is 170 g/mol. The molecule has 2 N–H and O–H groups in total. The molecule has 12 heavy (non-hydrogen) atoms. The van der Waals surface area contributed by atoms with E-state index in [-0.39, 0.29) is 0 Å². The van der Waals surface area contributed by atoms with Crippen LogP contribution in [0.3, 0.4) is 0 Å². The number of hydrogen-bond donors (Lipinski definition) is 2. The van der Waals surface area contributed by atoms with Gasteiger partial charge in [-0.15, -0.1) is 0 Å². The zero-order valence-corrected chi connectivity index (χ0v) is 7.66. The van der Waals surface area contributed by atoms with Crippen molar-refractivity contribution in [3.05, 3.63) is 0 Å². The zero-order valence-electron chi connectivity index (χ0n) is 7.66. The van der Waals surface area contributed by atoms with E-state index in [2.05, 4.69) is 0 Å². The number of fused-ring (bicyclic) bond motifs is 2. The average Bonchev–Trinajstić information content (AvgIpc) is 2.01. The van der Waals surface area contributed by atoms with Crippen LogP contribution in [0.5, 0.6) is 0 Å². The minimum Gasteiger partial charge on any atom is -0.390 e. The predicted molar refractivity (Wildman–Crippen MR) is 46.7 cm³/mol. The van der Waals surface area contributed by atoms with Gasteiger partial charge in [0, 0.05) is 0 Å². The smallest absolute Gasteiger partial charge is 0.0882 e. The second-order valence-electron chi connectivity index (χ2n) is 4.80. The Morgan fingerprint density at radius 2 is 2.08 bits per heavy atom. The molecule has 2 heteroatoms. The predicted octanol–water partition coefficient (Wildman–Crippen LogP) is 1.31. The first kappa shape index (κ1) is 8.52. The minimum absolute atomic E-state index is 0.368. The van der Waals surface area contributed by atoms with E-state index in [0.29, 0.717) is 11.8 Å². The molecule has 2 saturated carbocycles. The number of hydrogen-bond acceptors (Lipinski definition) is 2. The number of aliphatic hydroxyl groups is 2. The van der Waals surface area contributed by atoms with Crippen LogP contribution in [-0.4, -0.2) is 21.9 Å². The van der Waals surface area contributed by atoms with E-state index >= 15 is 0 Å². The van der Waals surface area contributed by atoms with Crippen molar-refractivity contribution in [2.45, 2.75) is 50.7 Å². The lowest BCUT2D eigenvalue weighted by atomic mass is 9.65. The molecule has 0 aliphatic heterocycles. The summed E-state index contributed by atoms with van der Waals surface area (Å²) in [5.41, 5.74) is -0.812. The van der Waals surface area contributed by atoms with Crippen molar-refractivity contribution >= 4 is 0 Å². The first-order valence-electron chi connectivity index (χ1n) is 5.00. The molecule has 0 saturated heterocycles. The summed E-state index contributed by atoms with van der Waals surface area (Å²) in [5, 5.41) is 19.7. The van der Waals surface area contributed by atoms with Crippen molar-refractivity contribution in [3.63, 3.8) is 0 Å². The fraction of sp³-hybridized carbons (Fsp3) is 1.00. The van der Waals surface area contributed by atoms with E-state index < -0.39 is 11.7 Å². The molecule has 2 aliphatic carbocycles. The van der Waals surface area contributed by atoms with Crippen LogP contribution < -0.4 is 0 Å². The normalized spacial score (nSPS) is 53.8. The lowest BCUT2D eigenvalue weighted by Crippen LogP contribution is -2.51. The SMILES string of the molecule is CC1(O)CC2CCCC(C2)C1O. The maximum atomic E-state index is 9.90. The lowest BCUT2D eigenvalue weighted by Gasteiger charge is -2.46. The van der Waals surface area contributed by atoms with Crippen LogP contribution in [0.25, 0.3) is 0 Å². The summed E-state index contributed by atoms with van der Waals surface area (Å²) >= 11 is 0. The van der Waals surface area contributed by atoms with E-state index in [1.165, 1.54) is 12.8 Å². The molecular weight excluding hydrogens is 152 g/mol. The highest BCUT2D eigenvalue weighted by molar-refractivity contribution is 4.96. The highest BCUT2D eigenvalue weighted by atomic mass is 16.3. The minimum atomic E-state index is -0.812. The van der Waals surface area contributed by atoms with Crippen LogP contribution in [0, 0.1) is 11.8 Å². The largest absolute Gasteiger partial charge is 0.390 e. The molecule has 2 bridgehead atoms. The molecule has 4 unspecified atom stereocenters. The number of aliphatic hydroxyl groups excluding tert-OH is 1. The van der Waals surface area contributed by atoms with Crippen molar-refractivity contribution in [2.24, 2.45) is 11.8 Å². The zero-order chi connectivity index (χ0) is 8.77. The van der Waals surface area contributed by atoms with Crippen LogP contribution in [0.15, 0.2) is 0 Å². The third kappa shape index (κ3) is 1.27. The Morgan fingerprint density at radius 1 is 1.33 bits per heavy atom. The maximum absolute atomic E-state index is 9.90. The molecular formula is C10H18O2. The molecule has 0 spiro atoms. The molecule has 0 aromatic carbocycles. The summed E-state index contributed by atoms with van der Waals surface area (Å²) in [7, 11) is 0. The molecule has 0 heterocycles. The molecule has 4 atom stereocenters. The Kier molecular flexibility index (Phi) is 1.92. The molecule has 2 aliphatic rings. The van der Waals surface area contributed by atoms with Gasteiger partial charge in [-0.25, -0.2) is 0 Å². The first-order chi connectivity index (χ1) is 5.59. The van der Waals surface area contributed by atoms with Crippen molar-refractivity contribution in [3.8, 4) is 0 Å². The average molecular weight is 170 g/mol. The van der Waals surface area contributed by atoms with Gasteiger partial charge in [0.1, 0.15) is 0 Å². The first-order valence-corrected chi connectivity index (χ1v) is 5.00. The molecule has 0 radical (unpaired) electrons. The van der Waals surface area contributed by atoms with E-state index in [9.17, 15) is 10.2 Å². The van der Waals surface area contributed by atoms with Crippen molar-refractivity contribution in [1.82, 2.24) is 0 Å². The van der Waals surface area contributed by atoms with Gasteiger partial charge in [-0.3, -0.25) is 0 Å². The van der Waals surface area contributed by atoms with Gasteiger partial charge in [0.2, 0.25) is 0 Å². The summed E-state index contributed by atoms with van der Waals surface area (Å²) < 4.78 is 0. The summed E-state index contributed by atoms with van der Waals surface area (Å²) in [5.74, 6) is 1.04.